The lowest BCUT2D eigenvalue weighted by Gasteiger charge is -2.14. The smallest absolute Gasteiger partial charge is 0.255 e. The molecule has 2 N–H and O–H groups in total. The van der Waals surface area contributed by atoms with E-state index in [-0.39, 0.29) is 23.8 Å². The second kappa shape index (κ2) is 9.05. The number of anilines is 1. The van der Waals surface area contributed by atoms with Gasteiger partial charge in [0.2, 0.25) is 10.0 Å². The summed E-state index contributed by atoms with van der Waals surface area (Å²) in [6, 6.07) is 9.44. The van der Waals surface area contributed by atoms with E-state index in [2.05, 4.69) is 10.0 Å². The van der Waals surface area contributed by atoms with Gasteiger partial charge in [-0.3, -0.25) is 4.79 Å². The number of hydrogen-bond acceptors (Lipinski definition) is 3. The Morgan fingerprint density at radius 2 is 1.67 bits per heavy atom. The lowest BCUT2D eigenvalue weighted by atomic mass is 10.0. The average molecular weight is 396 g/mol. The zero-order valence-electron chi connectivity index (χ0n) is 15.1. The van der Waals surface area contributed by atoms with E-state index in [0.29, 0.717) is 18.2 Å². The Bertz CT molecular complexity index is 879. The molecular weight excluding hydrogens is 374 g/mol. The molecule has 1 atom stereocenters. The van der Waals surface area contributed by atoms with E-state index >= 15 is 0 Å². The Labute approximate surface area is 157 Å². The van der Waals surface area contributed by atoms with Gasteiger partial charge in [-0.15, -0.1) is 0 Å². The maximum absolute atomic E-state index is 13.2. The summed E-state index contributed by atoms with van der Waals surface area (Å²) in [5, 5.41) is 2.57. The molecule has 0 saturated heterocycles. The van der Waals surface area contributed by atoms with Gasteiger partial charge in [0, 0.05) is 23.9 Å². The Balaban J connectivity index is 1.99. The van der Waals surface area contributed by atoms with Crippen LogP contribution in [-0.4, -0.2) is 26.6 Å². The molecule has 0 saturated carbocycles. The van der Waals surface area contributed by atoms with Crippen molar-refractivity contribution in [3.8, 4) is 0 Å². The number of amides is 1. The van der Waals surface area contributed by atoms with Crippen molar-refractivity contribution in [2.45, 2.75) is 26.2 Å². The first-order valence-electron chi connectivity index (χ1n) is 8.55. The highest BCUT2D eigenvalue weighted by Gasteiger charge is 2.13. The third-order valence-corrected chi connectivity index (χ3v) is 5.50. The summed E-state index contributed by atoms with van der Waals surface area (Å²) >= 11 is 0. The second-order valence-electron chi connectivity index (χ2n) is 6.30. The average Bonchev–Trinajstić information content (AvgIpc) is 2.59. The topological polar surface area (TPSA) is 75.3 Å². The summed E-state index contributed by atoms with van der Waals surface area (Å²) in [6.45, 7) is 3.96. The van der Waals surface area contributed by atoms with Gasteiger partial charge in [-0.1, -0.05) is 26.0 Å². The van der Waals surface area contributed by atoms with Crippen molar-refractivity contribution in [2.24, 2.45) is 0 Å². The molecule has 146 valence electrons. The van der Waals surface area contributed by atoms with Crippen LogP contribution < -0.4 is 10.0 Å². The van der Waals surface area contributed by atoms with Crippen LogP contribution in [0.1, 0.15) is 42.1 Å². The first-order valence-corrected chi connectivity index (χ1v) is 10.2. The third kappa shape index (κ3) is 6.41. The Morgan fingerprint density at radius 1 is 1.07 bits per heavy atom. The molecule has 8 heteroatoms. The Kier molecular flexibility index (Phi) is 7.04. The first-order chi connectivity index (χ1) is 12.7. The molecule has 0 fully saturated rings. The lowest BCUT2D eigenvalue weighted by molar-refractivity contribution is 0.102. The molecule has 2 aromatic carbocycles. The second-order valence-corrected chi connectivity index (χ2v) is 8.23. The number of benzene rings is 2. The highest BCUT2D eigenvalue weighted by Crippen LogP contribution is 2.19. The van der Waals surface area contributed by atoms with E-state index in [1.165, 1.54) is 0 Å². The van der Waals surface area contributed by atoms with Crippen LogP contribution in [0.3, 0.4) is 0 Å². The van der Waals surface area contributed by atoms with Gasteiger partial charge < -0.3 is 5.32 Å². The number of hydrogen-bond donors (Lipinski definition) is 2. The van der Waals surface area contributed by atoms with Gasteiger partial charge in [0.15, 0.2) is 0 Å². The number of carbonyl (C=O) groups excluding carboxylic acids is 1. The standard InChI is InChI=1S/C19H22F2N2O3S/c1-3-8-27(25,26)22-12-13(2)14-4-6-18(7-5-14)23-19(24)15-9-16(20)11-17(21)10-15/h4-7,9-11,13,22H,3,8,12H2,1-2H3,(H,23,24). The number of nitrogens with one attached hydrogen (secondary N) is 2. The van der Waals surface area contributed by atoms with Crippen molar-refractivity contribution in [1.82, 2.24) is 4.72 Å². The van der Waals surface area contributed by atoms with Gasteiger partial charge in [-0.25, -0.2) is 21.9 Å². The Hall–Kier alpha value is -2.32. The summed E-state index contributed by atoms with van der Waals surface area (Å²) in [4.78, 5) is 12.1. The van der Waals surface area contributed by atoms with Crippen molar-refractivity contribution in [2.75, 3.05) is 17.6 Å². The van der Waals surface area contributed by atoms with Gasteiger partial charge in [-0.05, 0) is 42.2 Å². The molecule has 2 rings (SSSR count). The van der Waals surface area contributed by atoms with Gasteiger partial charge in [0.05, 0.1) is 5.75 Å². The van der Waals surface area contributed by atoms with E-state index in [9.17, 15) is 22.0 Å². The number of sulfonamides is 1. The molecule has 0 bridgehead atoms. The van der Waals surface area contributed by atoms with Gasteiger partial charge in [0.1, 0.15) is 11.6 Å². The van der Waals surface area contributed by atoms with Gasteiger partial charge in [0.25, 0.3) is 5.91 Å². The lowest BCUT2D eigenvalue weighted by Crippen LogP contribution is -2.29. The maximum Gasteiger partial charge on any atom is 0.255 e. The largest absolute Gasteiger partial charge is 0.322 e. The van der Waals surface area contributed by atoms with Crippen LogP contribution in [0, 0.1) is 11.6 Å². The first kappa shape index (κ1) is 21.0. The molecule has 5 nitrogen and oxygen atoms in total. The number of rotatable bonds is 8. The predicted octanol–water partition coefficient (Wildman–Crippen LogP) is 3.65. The van der Waals surface area contributed by atoms with Gasteiger partial charge in [-0.2, -0.15) is 0 Å². The number of halogens is 2. The molecule has 1 amide bonds. The zero-order chi connectivity index (χ0) is 20.0. The van der Waals surface area contributed by atoms with Crippen molar-refractivity contribution in [3.05, 3.63) is 65.2 Å². The highest BCUT2D eigenvalue weighted by atomic mass is 32.2. The molecule has 0 aliphatic heterocycles. The van der Waals surface area contributed by atoms with E-state index < -0.39 is 27.6 Å². The predicted molar refractivity (Wildman–Crippen MR) is 101 cm³/mol. The van der Waals surface area contributed by atoms with Crippen LogP contribution in [0.25, 0.3) is 0 Å². The van der Waals surface area contributed by atoms with Crippen LogP contribution in [-0.2, 0) is 10.0 Å². The van der Waals surface area contributed by atoms with Crippen molar-refractivity contribution >= 4 is 21.6 Å². The molecule has 0 spiro atoms. The van der Waals surface area contributed by atoms with E-state index in [1.54, 1.807) is 31.2 Å². The fourth-order valence-corrected chi connectivity index (χ4v) is 3.68. The highest BCUT2D eigenvalue weighted by molar-refractivity contribution is 7.89. The van der Waals surface area contributed by atoms with Crippen LogP contribution >= 0.6 is 0 Å². The zero-order valence-corrected chi connectivity index (χ0v) is 15.9. The molecule has 1 unspecified atom stereocenters. The normalized spacial score (nSPS) is 12.6. The van der Waals surface area contributed by atoms with Gasteiger partial charge >= 0.3 is 0 Å². The van der Waals surface area contributed by atoms with E-state index in [4.69, 9.17) is 0 Å². The van der Waals surface area contributed by atoms with Crippen LogP contribution in [0.2, 0.25) is 0 Å². The molecule has 2 aromatic rings. The molecule has 27 heavy (non-hydrogen) atoms. The van der Waals surface area contributed by atoms with Crippen molar-refractivity contribution in [1.29, 1.82) is 0 Å². The quantitative estimate of drug-likeness (QED) is 0.715. The van der Waals surface area contributed by atoms with Crippen LogP contribution in [0.5, 0.6) is 0 Å². The minimum absolute atomic E-state index is 0.0568. The Morgan fingerprint density at radius 3 is 2.22 bits per heavy atom. The summed E-state index contributed by atoms with van der Waals surface area (Å²) < 4.78 is 52.4. The fraction of sp³-hybridized carbons (Fsp3) is 0.316. The SMILES string of the molecule is CCCS(=O)(=O)NCC(C)c1ccc(NC(=O)c2cc(F)cc(F)c2)cc1. The number of carbonyl (C=O) groups is 1. The van der Waals surface area contributed by atoms with Crippen LogP contribution in [0.4, 0.5) is 14.5 Å². The molecule has 0 heterocycles. The molecule has 0 aliphatic rings. The summed E-state index contributed by atoms with van der Waals surface area (Å²) in [7, 11) is -3.26. The van der Waals surface area contributed by atoms with E-state index in [1.807, 2.05) is 6.92 Å². The fourth-order valence-electron chi connectivity index (χ4n) is 2.49. The van der Waals surface area contributed by atoms with Crippen molar-refractivity contribution < 1.29 is 22.0 Å². The minimum Gasteiger partial charge on any atom is -0.322 e. The minimum atomic E-state index is -3.26. The van der Waals surface area contributed by atoms with Crippen molar-refractivity contribution in [3.63, 3.8) is 0 Å². The summed E-state index contributed by atoms with van der Waals surface area (Å²) in [5.41, 5.74) is 1.24. The van der Waals surface area contributed by atoms with E-state index in [0.717, 1.165) is 17.7 Å². The third-order valence-electron chi connectivity index (χ3n) is 3.94. The summed E-state index contributed by atoms with van der Waals surface area (Å²) in [6.07, 6.45) is 0.549. The van der Waals surface area contributed by atoms with Crippen LogP contribution in [0.15, 0.2) is 42.5 Å². The molecule has 0 aromatic heterocycles. The molecule has 0 aliphatic carbocycles. The molecular formula is C19H22F2N2O3S. The summed E-state index contributed by atoms with van der Waals surface area (Å²) in [5.74, 6) is -2.24. The molecule has 0 radical (unpaired) electrons. The monoisotopic (exact) mass is 396 g/mol. The maximum atomic E-state index is 13.2.